The molecule has 0 heterocycles. The highest BCUT2D eigenvalue weighted by Crippen LogP contribution is 2.38. The molecule has 0 aliphatic heterocycles. The molecule has 84 valence electrons. The molecule has 0 aliphatic rings. The second-order valence-electron chi connectivity index (χ2n) is 3.13. The maximum atomic E-state index is 9.63. The molecule has 1 N–H and O–H groups in total. The Labute approximate surface area is 94.4 Å². The van der Waals surface area contributed by atoms with Gasteiger partial charge in [-0.1, -0.05) is 0 Å². The van der Waals surface area contributed by atoms with Gasteiger partial charge in [-0.25, -0.2) is 0 Å². The first-order chi connectivity index (χ1) is 7.13. The van der Waals surface area contributed by atoms with Crippen LogP contribution in [0.25, 0.3) is 0 Å². The van der Waals surface area contributed by atoms with Crippen molar-refractivity contribution in [2.45, 2.75) is 17.9 Å². The fraction of sp³-hybridized carbons (Fsp3) is 0.455. The number of hydrogen-bond acceptors (Lipinski definition) is 4. The summed E-state index contributed by atoms with van der Waals surface area (Å²) >= 11 is 1.56. The molecule has 0 amide bonds. The third kappa shape index (κ3) is 2.58. The van der Waals surface area contributed by atoms with E-state index in [1.165, 1.54) is 0 Å². The third-order valence-electron chi connectivity index (χ3n) is 2.17. The highest BCUT2D eigenvalue weighted by atomic mass is 32.2. The standard InChI is InChI=1S/C11H16O3S/c1-7(12)9-5-8(13-2)6-10(15-4)11(9)14-3/h5-7,12H,1-4H3. The van der Waals surface area contributed by atoms with Gasteiger partial charge in [-0.3, -0.25) is 0 Å². The quantitative estimate of drug-likeness (QED) is 0.803. The van der Waals surface area contributed by atoms with Crippen LogP contribution in [0.5, 0.6) is 11.5 Å². The Balaban J connectivity index is 3.32. The van der Waals surface area contributed by atoms with Crippen LogP contribution in [0.3, 0.4) is 0 Å². The minimum atomic E-state index is -0.569. The van der Waals surface area contributed by atoms with E-state index < -0.39 is 6.10 Å². The molecule has 0 saturated carbocycles. The Morgan fingerprint density at radius 1 is 1.27 bits per heavy atom. The molecule has 1 aromatic rings. The van der Waals surface area contributed by atoms with Gasteiger partial charge in [0.15, 0.2) is 0 Å². The molecule has 3 nitrogen and oxygen atoms in total. The van der Waals surface area contributed by atoms with Crippen molar-refractivity contribution in [1.29, 1.82) is 0 Å². The molecule has 0 radical (unpaired) electrons. The first-order valence-electron chi connectivity index (χ1n) is 4.62. The minimum absolute atomic E-state index is 0.569. The zero-order valence-corrected chi connectivity index (χ0v) is 10.2. The smallest absolute Gasteiger partial charge is 0.138 e. The van der Waals surface area contributed by atoms with Gasteiger partial charge in [0.25, 0.3) is 0 Å². The lowest BCUT2D eigenvalue weighted by molar-refractivity contribution is 0.193. The van der Waals surface area contributed by atoms with E-state index in [4.69, 9.17) is 9.47 Å². The Morgan fingerprint density at radius 2 is 1.93 bits per heavy atom. The summed E-state index contributed by atoms with van der Waals surface area (Å²) in [6.45, 7) is 1.71. The van der Waals surface area contributed by atoms with Gasteiger partial charge in [-0.2, -0.15) is 0 Å². The maximum Gasteiger partial charge on any atom is 0.138 e. The number of rotatable bonds is 4. The predicted molar refractivity (Wildman–Crippen MR) is 62.0 cm³/mol. The number of ether oxygens (including phenoxy) is 2. The van der Waals surface area contributed by atoms with Crippen molar-refractivity contribution >= 4 is 11.8 Å². The second kappa shape index (κ2) is 5.28. The van der Waals surface area contributed by atoms with Crippen LogP contribution in [0.4, 0.5) is 0 Å². The highest BCUT2D eigenvalue weighted by molar-refractivity contribution is 7.98. The number of thioether (sulfide) groups is 1. The van der Waals surface area contributed by atoms with E-state index in [-0.39, 0.29) is 0 Å². The van der Waals surface area contributed by atoms with Crippen molar-refractivity contribution in [3.05, 3.63) is 17.7 Å². The van der Waals surface area contributed by atoms with Crippen LogP contribution in [0.15, 0.2) is 17.0 Å². The van der Waals surface area contributed by atoms with Crippen molar-refractivity contribution < 1.29 is 14.6 Å². The first-order valence-corrected chi connectivity index (χ1v) is 5.84. The number of methoxy groups -OCH3 is 2. The first kappa shape index (κ1) is 12.2. The topological polar surface area (TPSA) is 38.7 Å². The number of hydrogen-bond donors (Lipinski definition) is 1. The van der Waals surface area contributed by atoms with Gasteiger partial charge in [0.1, 0.15) is 11.5 Å². The van der Waals surface area contributed by atoms with Gasteiger partial charge in [-0.05, 0) is 25.3 Å². The molecular formula is C11H16O3S. The molecule has 0 spiro atoms. The maximum absolute atomic E-state index is 9.63. The number of benzene rings is 1. The molecule has 15 heavy (non-hydrogen) atoms. The lowest BCUT2D eigenvalue weighted by Gasteiger charge is -2.15. The van der Waals surface area contributed by atoms with E-state index in [1.807, 2.05) is 12.3 Å². The average molecular weight is 228 g/mol. The monoisotopic (exact) mass is 228 g/mol. The van der Waals surface area contributed by atoms with Crippen LogP contribution < -0.4 is 9.47 Å². The summed E-state index contributed by atoms with van der Waals surface area (Å²) in [5.74, 6) is 1.45. The van der Waals surface area contributed by atoms with E-state index in [0.717, 1.165) is 22.0 Å². The molecule has 1 aromatic carbocycles. The summed E-state index contributed by atoms with van der Waals surface area (Å²) in [4.78, 5) is 0.966. The lowest BCUT2D eigenvalue weighted by Crippen LogP contribution is -1.99. The molecule has 0 aliphatic carbocycles. The van der Waals surface area contributed by atoms with Gasteiger partial charge in [0, 0.05) is 5.56 Å². The summed E-state index contributed by atoms with van der Waals surface area (Å²) in [6, 6.07) is 3.69. The highest BCUT2D eigenvalue weighted by Gasteiger charge is 2.15. The summed E-state index contributed by atoms with van der Waals surface area (Å²) in [5.41, 5.74) is 0.751. The van der Waals surface area contributed by atoms with Gasteiger partial charge in [0.2, 0.25) is 0 Å². The van der Waals surface area contributed by atoms with E-state index in [9.17, 15) is 5.11 Å². The van der Waals surface area contributed by atoms with Crippen molar-refractivity contribution in [3.63, 3.8) is 0 Å². The van der Waals surface area contributed by atoms with E-state index in [2.05, 4.69) is 0 Å². The van der Waals surface area contributed by atoms with Crippen molar-refractivity contribution in [1.82, 2.24) is 0 Å². The zero-order valence-electron chi connectivity index (χ0n) is 9.40. The zero-order chi connectivity index (χ0) is 11.4. The SMILES string of the molecule is COc1cc(SC)c(OC)c(C(C)O)c1. The summed E-state index contributed by atoms with van der Waals surface area (Å²) < 4.78 is 10.5. The molecule has 0 aromatic heterocycles. The van der Waals surface area contributed by atoms with E-state index in [0.29, 0.717) is 0 Å². The Hall–Kier alpha value is -0.870. The van der Waals surface area contributed by atoms with Crippen LogP contribution >= 0.6 is 11.8 Å². The summed E-state index contributed by atoms with van der Waals surface area (Å²) in [5, 5.41) is 9.63. The number of aliphatic hydroxyl groups excluding tert-OH is 1. The molecule has 1 rings (SSSR count). The molecule has 1 atom stereocenters. The molecule has 0 fully saturated rings. The molecule has 1 unspecified atom stereocenters. The normalized spacial score (nSPS) is 12.3. The number of aliphatic hydroxyl groups is 1. The van der Waals surface area contributed by atoms with Crippen molar-refractivity contribution in [3.8, 4) is 11.5 Å². The van der Waals surface area contributed by atoms with Crippen LogP contribution in [0.1, 0.15) is 18.6 Å². The second-order valence-corrected chi connectivity index (χ2v) is 3.98. The molecule has 0 bridgehead atoms. The van der Waals surface area contributed by atoms with Crippen LogP contribution in [-0.2, 0) is 0 Å². The van der Waals surface area contributed by atoms with E-state index in [1.54, 1.807) is 39.0 Å². The predicted octanol–water partition coefficient (Wildman–Crippen LogP) is 2.48. The molecule has 4 heteroatoms. The van der Waals surface area contributed by atoms with Crippen LogP contribution in [-0.4, -0.2) is 25.6 Å². The fourth-order valence-electron chi connectivity index (χ4n) is 1.40. The minimum Gasteiger partial charge on any atom is -0.497 e. The van der Waals surface area contributed by atoms with Crippen molar-refractivity contribution in [2.24, 2.45) is 0 Å². The van der Waals surface area contributed by atoms with Crippen LogP contribution in [0, 0.1) is 0 Å². The van der Waals surface area contributed by atoms with Gasteiger partial charge >= 0.3 is 0 Å². The average Bonchev–Trinajstić information content (AvgIpc) is 2.26. The Bertz CT molecular complexity index is 337. The molecule has 0 saturated heterocycles. The van der Waals surface area contributed by atoms with Crippen LogP contribution in [0.2, 0.25) is 0 Å². The van der Waals surface area contributed by atoms with Gasteiger partial charge < -0.3 is 14.6 Å². The van der Waals surface area contributed by atoms with Crippen molar-refractivity contribution in [2.75, 3.05) is 20.5 Å². The van der Waals surface area contributed by atoms with Gasteiger partial charge in [0.05, 0.1) is 25.2 Å². The summed E-state index contributed by atoms with van der Waals surface area (Å²) in [6.07, 6.45) is 1.39. The summed E-state index contributed by atoms with van der Waals surface area (Å²) in [7, 11) is 3.21. The van der Waals surface area contributed by atoms with Gasteiger partial charge in [-0.15, -0.1) is 11.8 Å². The Kier molecular flexibility index (Phi) is 4.29. The Morgan fingerprint density at radius 3 is 2.33 bits per heavy atom. The molecular weight excluding hydrogens is 212 g/mol. The third-order valence-corrected chi connectivity index (χ3v) is 2.91. The lowest BCUT2D eigenvalue weighted by atomic mass is 10.1. The van der Waals surface area contributed by atoms with E-state index >= 15 is 0 Å². The fourth-order valence-corrected chi connectivity index (χ4v) is 2.02. The largest absolute Gasteiger partial charge is 0.497 e.